The Morgan fingerprint density at radius 2 is 1.63 bits per heavy atom. The van der Waals surface area contributed by atoms with E-state index in [2.05, 4.69) is 0 Å². The molecule has 19 heavy (non-hydrogen) atoms. The summed E-state index contributed by atoms with van der Waals surface area (Å²) >= 11 is 0. The number of hydrogen-bond donors (Lipinski definition) is 5. The molecule has 1 fully saturated rings. The van der Waals surface area contributed by atoms with Crippen molar-refractivity contribution in [2.24, 2.45) is 0 Å². The Labute approximate surface area is 114 Å². The summed E-state index contributed by atoms with van der Waals surface area (Å²) < 4.78 is 5.10. The zero-order valence-electron chi connectivity index (χ0n) is 12.2. The van der Waals surface area contributed by atoms with E-state index in [-0.39, 0.29) is 5.04 Å². The maximum atomic E-state index is 10.9. The van der Waals surface area contributed by atoms with Gasteiger partial charge in [0.25, 0.3) is 0 Å². The molecule has 5 N–H and O–H groups in total. The Morgan fingerprint density at radius 1 is 1.16 bits per heavy atom. The predicted octanol–water partition coefficient (Wildman–Crippen LogP) is -0.804. The third-order valence-electron chi connectivity index (χ3n) is 4.89. The van der Waals surface area contributed by atoms with Gasteiger partial charge in [0.1, 0.15) is 31.6 Å². The Morgan fingerprint density at radius 3 is 2.00 bits per heavy atom. The Kier molecular flexibility index (Phi) is 4.54. The summed E-state index contributed by atoms with van der Waals surface area (Å²) in [6.07, 6.45) is -5.74. The van der Waals surface area contributed by atoms with Crippen LogP contribution in [0.15, 0.2) is 0 Å². The van der Waals surface area contributed by atoms with Crippen molar-refractivity contribution in [1.82, 2.24) is 0 Å². The first kappa shape index (κ1) is 17.0. The summed E-state index contributed by atoms with van der Waals surface area (Å²) in [6, 6.07) is 0. The summed E-state index contributed by atoms with van der Waals surface area (Å²) in [4.78, 5) is 0. The summed E-state index contributed by atoms with van der Waals surface area (Å²) in [5.41, 5.74) is 0. The summed E-state index contributed by atoms with van der Waals surface area (Å²) in [5.74, 6) is 0. The standard InChI is InChI=1S/C12H26O6Si/c1-11(2,3)19(4,5)12(17)9(15)8(14)7(6-13)18-10(12)16/h7-10,13-17H,6H2,1-5H3/t7-,8-,9+,10+,12-/m1/s1. The van der Waals surface area contributed by atoms with Crippen LogP contribution in [0, 0.1) is 0 Å². The van der Waals surface area contributed by atoms with Crippen LogP contribution >= 0.6 is 0 Å². The fourth-order valence-electron chi connectivity index (χ4n) is 2.39. The highest BCUT2D eigenvalue weighted by atomic mass is 28.3. The van der Waals surface area contributed by atoms with Gasteiger partial charge >= 0.3 is 0 Å². The van der Waals surface area contributed by atoms with Gasteiger partial charge in [0.15, 0.2) is 6.29 Å². The lowest BCUT2D eigenvalue weighted by molar-refractivity contribution is -0.306. The highest BCUT2D eigenvalue weighted by Crippen LogP contribution is 2.48. The lowest BCUT2D eigenvalue weighted by Crippen LogP contribution is -2.78. The van der Waals surface area contributed by atoms with Crippen LogP contribution in [0.3, 0.4) is 0 Å². The van der Waals surface area contributed by atoms with Gasteiger partial charge in [0.05, 0.1) is 6.61 Å². The molecule has 7 heteroatoms. The summed E-state index contributed by atoms with van der Waals surface area (Å²) in [5, 5.41) is 47.9. The smallest absolute Gasteiger partial charge is 0.183 e. The fourth-order valence-corrected chi connectivity index (χ4v) is 5.19. The number of hydrogen-bond acceptors (Lipinski definition) is 6. The van der Waals surface area contributed by atoms with Gasteiger partial charge in [-0.05, 0) is 5.04 Å². The molecule has 1 aliphatic rings. The van der Waals surface area contributed by atoms with Crippen LogP contribution in [-0.2, 0) is 4.74 Å². The van der Waals surface area contributed by atoms with Gasteiger partial charge in [-0.25, -0.2) is 0 Å². The lowest BCUT2D eigenvalue weighted by atomic mass is 9.98. The molecule has 0 unspecified atom stereocenters. The molecule has 0 aromatic rings. The minimum absolute atomic E-state index is 0.334. The summed E-state index contributed by atoms with van der Waals surface area (Å²) in [7, 11) is -2.65. The predicted molar refractivity (Wildman–Crippen MR) is 72.1 cm³/mol. The first-order chi connectivity index (χ1) is 8.41. The molecule has 0 aromatic carbocycles. The number of ether oxygens (including phenoxy) is 1. The molecule has 0 spiro atoms. The largest absolute Gasteiger partial charge is 0.394 e. The monoisotopic (exact) mass is 294 g/mol. The third-order valence-corrected chi connectivity index (χ3v) is 11.2. The molecule has 0 radical (unpaired) electrons. The average molecular weight is 294 g/mol. The van der Waals surface area contributed by atoms with E-state index in [4.69, 9.17) is 9.84 Å². The minimum Gasteiger partial charge on any atom is -0.394 e. The molecule has 6 nitrogen and oxygen atoms in total. The molecule has 1 aliphatic heterocycles. The maximum absolute atomic E-state index is 10.9. The molecule has 0 aromatic heterocycles. The molecular weight excluding hydrogens is 268 g/mol. The van der Waals surface area contributed by atoms with Gasteiger partial charge in [-0.2, -0.15) is 0 Å². The minimum atomic E-state index is -2.65. The van der Waals surface area contributed by atoms with Crippen LogP contribution in [-0.4, -0.2) is 70.0 Å². The SMILES string of the molecule is CC(C)(C)[Si](C)(C)[C@@]1(O)[C@@H](O)O[C@H](CO)[C@@H](O)[C@@H]1O. The van der Waals surface area contributed by atoms with Gasteiger partial charge in [-0.1, -0.05) is 33.9 Å². The summed E-state index contributed by atoms with van der Waals surface area (Å²) in [6.45, 7) is 8.87. The van der Waals surface area contributed by atoms with E-state index in [1.807, 2.05) is 33.9 Å². The van der Waals surface area contributed by atoms with Gasteiger partial charge < -0.3 is 30.3 Å². The second-order valence-corrected chi connectivity index (χ2v) is 12.4. The number of aliphatic hydroxyl groups is 5. The highest BCUT2D eigenvalue weighted by molar-refractivity contribution is 6.83. The molecular formula is C12H26O6Si. The first-order valence-corrected chi connectivity index (χ1v) is 9.44. The Hall–Kier alpha value is -0.0231. The van der Waals surface area contributed by atoms with Crippen LogP contribution < -0.4 is 0 Å². The van der Waals surface area contributed by atoms with Crippen molar-refractivity contribution in [3.63, 3.8) is 0 Å². The van der Waals surface area contributed by atoms with E-state index in [1.165, 1.54) is 0 Å². The van der Waals surface area contributed by atoms with Crippen molar-refractivity contribution in [1.29, 1.82) is 0 Å². The van der Waals surface area contributed by atoms with Crippen molar-refractivity contribution in [3.8, 4) is 0 Å². The zero-order valence-corrected chi connectivity index (χ0v) is 13.2. The molecule has 5 atom stereocenters. The van der Waals surface area contributed by atoms with Gasteiger partial charge in [0, 0.05) is 0 Å². The van der Waals surface area contributed by atoms with Gasteiger partial charge in [-0.3, -0.25) is 0 Å². The van der Waals surface area contributed by atoms with Gasteiger partial charge in [0.2, 0.25) is 0 Å². The van der Waals surface area contributed by atoms with Crippen molar-refractivity contribution < 1.29 is 30.3 Å². The molecule has 1 rings (SSSR count). The molecule has 0 amide bonds. The number of aliphatic hydroxyl groups excluding tert-OH is 4. The van der Waals surface area contributed by atoms with Crippen molar-refractivity contribution in [2.45, 2.75) is 68.7 Å². The molecule has 1 heterocycles. The quantitative estimate of drug-likeness (QED) is 0.426. The number of rotatable bonds is 2. The molecule has 0 aliphatic carbocycles. The van der Waals surface area contributed by atoms with Crippen LogP contribution in [0.25, 0.3) is 0 Å². The van der Waals surface area contributed by atoms with Crippen molar-refractivity contribution in [2.75, 3.05) is 6.61 Å². The highest BCUT2D eigenvalue weighted by Gasteiger charge is 2.65. The van der Waals surface area contributed by atoms with E-state index >= 15 is 0 Å². The second-order valence-electron chi connectivity index (χ2n) is 6.85. The zero-order chi connectivity index (χ0) is 15.2. The Bertz CT molecular complexity index is 329. The van der Waals surface area contributed by atoms with Crippen molar-refractivity contribution >= 4 is 8.07 Å². The third kappa shape index (κ3) is 2.37. The molecule has 0 saturated carbocycles. The van der Waals surface area contributed by atoms with Crippen LogP contribution in [0.2, 0.25) is 18.1 Å². The second kappa shape index (κ2) is 5.07. The Balaban J connectivity index is 3.23. The normalized spacial score (nSPS) is 41.4. The topological polar surface area (TPSA) is 110 Å². The van der Waals surface area contributed by atoms with Crippen molar-refractivity contribution in [3.05, 3.63) is 0 Å². The molecule has 0 bridgehead atoms. The maximum Gasteiger partial charge on any atom is 0.183 e. The van der Waals surface area contributed by atoms with E-state index in [0.717, 1.165) is 0 Å². The van der Waals surface area contributed by atoms with Crippen LogP contribution in [0.1, 0.15) is 20.8 Å². The average Bonchev–Trinajstić information content (AvgIpc) is 2.29. The molecule has 114 valence electrons. The lowest BCUT2D eigenvalue weighted by Gasteiger charge is -2.56. The van der Waals surface area contributed by atoms with E-state index in [9.17, 15) is 20.4 Å². The first-order valence-electron chi connectivity index (χ1n) is 6.44. The van der Waals surface area contributed by atoms with E-state index in [1.54, 1.807) is 0 Å². The van der Waals surface area contributed by atoms with E-state index < -0.39 is 44.5 Å². The van der Waals surface area contributed by atoms with E-state index in [0.29, 0.717) is 0 Å². The van der Waals surface area contributed by atoms with Crippen LogP contribution in [0.5, 0.6) is 0 Å². The molecule has 1 saturated heterocycles. The van der Waals surface area contributed by atoms with Gasteiger partial charge in [-0.15, -0.1) is 0 Å². The fraction of sp³-hybridized carbons (Fsp3) is 1.00. The van der Waals surface area contributed by atoms with Crippen LogP contribution in [0.4, 0.5) is 0 Å².